The first-order valence-corrected chi connectivity index (χ1v) is 6.80. The second-order valence-corrected chi connectivity index (χ2v) is 5.68. The maximum absolute atomic E-state index is 11.0. The van der Waals surface area contributed by atoms with Crippen LogP contribution in [0.5, 0.6) is 0 Å². The zero-order valence-corrected chi connectivity index (χ0v) is 11.3. The van der Waals surface area contributed by atoms with Crippen molar-refractivity contribution in [1.82, 2.24) is 4.98 Å². The Hall–Kier alpha value is -1.66. The van der Waals surface area contributed by atoms with E-state index in [1.807, 2.05) is 6.92 Å². The van der Waals surface area contributed by atoms with Crippen molar-refractivity contribution < 1.29 is 10.0 Å². The number of nitrogens with zero attached hydrogens (tertiary/aromatic N) is 2. The van der Waals surface area contributed by atoms with Crippen LogP contribution < -0.4 is 0 Å². The van der Waals surface area contributed by atoms with Gasteiger partial charge in [-0.05, 0) is 18.6 Å². The molecule has 6 heteroatoms. The van der Waals surface area contributed by atoms with Gasteiger partial charge in [0.1, 0.15) is 0 Å². The molecule has 1 atom stereocenters. The molecule has 1 unspecified atom stereocenters. The molecule has 0 amide bonds. The van der Waals surface area contributed by atoms with Gasteiger partial charge in [0.05, 0.1) is 10.3 Å². The molecule has 0 aliphatic heterocycles. The van der Waals surface area contributed by atoms with Crippen LogP contribution in [0.2, 0.25) is 0 Å². The molecule has 2 rings (SSSR count). The Bertz CT molecular complexity index is 603. The van der Waals surface area contributed by atoms with Crippen LogP contribution in [0.4, 0.5) is 5.69 Å². The van der Waals surface area contributed by atoms with E-state index in [-0.39, 0.29) is 17.5 Å². The number of aromatic nitrogens is 1. The average Bonchev–Trinajstić information content (AvgIpc) is 2.39. The minimum Gasteiger partial charge on any atom is -0.396 e. The lowest BCUT2D eigenvalue weighted by atomic mass is 10.1. The predicted octanol–water partition coefficient (Wildman–Crippen LogP) is 3.01. The van der Waals surface area contributed by atoms with E-state index >= 15 is 0 Å². The van der Waals surface area contributed by atoms with Crippen molar-refractivity contribution in [3.05, 3.63) is 40.7 Å². The Labute approximate surface area is 114 Å². The summed E-state index contributed by atoms with van der Waals surface area (Å²) in [5.74, 6) is 0. The predicted molar refractivity (Wildman–Crippen MR) is 75.4 cm³/mol. The normalized spacial score (nSPS) is 12.5. The number of hydrogen-bond donors (Lipinski definition) is 1. The summed E-state index contributed by atoms with van der Waals surface area (Å²) in [6.45, 7) is 2.16. The van der Waals surface area contributed by atoms with Crippen LogP contribution in [0.3, 0.4) is 0 Å². The minimum absolute atomic E-state index is 0.0715. The first-order valence-electron chi connectivity index (χ1n) is 5.92. The van der Waals surface area contributed by atoms with Crippen molar-refractivity contribution in [2.24, 2.45) is 0 Å². The molecule has 0 fully saturated rings. The van der Waals surface area contributed by atoms with Gasteiger partial charge in [-0.15, -0.1) is 11.8 Å². The number of hydrogen-bond acceptors (Lipinski definition) is 5. The van der Waals surface area contributed by atoms with Crippen molar-refractivity contribution in [2.45, 2.75) is 23.5 Å². The molecule has 0 aliphatic rings. The van der Waals surface area contributed by atoms with Gasteiger partial charge in [-0.25, -0.2) is 0 Å². The van der Waals surface area contributed by atoms with Gasteiger partial charge in [0, 0.05) is 40.6 Å². The van der Waals surface area contributed by atoms with E-state index in [0.717, 1.165) is 10.3 Å². The molecule has 5 nitrogen and oxygen atoms in total. The maximum atomic E-state index is 11.0. The highest BCUT2D eigenvalue weighted by Gasteiger charge is 2.15. The Morgan fingerprint density at radius 1 is 1.42 bits per heavy atom. The van der Waals surface area contributed by atoms with Crippen molar-refractivity contribution in [1.29, 1.82) is 0 Å². The quantitative estimate of drug-likeness (QED) is 0.517. The first kappa shape index (κ1) is 13.8. The van der Waals surface area contributed by atoms with Gasteiger partial charge in [0.25, 0.3) is 5.69 Å². The highest BCUT2D eigenvalue weighted by atomic mass is 32.2. The van der Waals surface area contributed by atoms with Gasteiger partial charge in [-0.2, -0.15) is 0 Å². The summed E-state index contributed by atoms with van der Waals surface area (Å²) in [4.78, 5) is 15.5. The lowest BCUT2D eigenvalue weighted by Crippen LogP contribution is -1.99. The first-order chi connectivity index (χ1) is 9.13. The summed E-state index contributed by atoms with van der Waals surface area (Å²) in [5.41, 5.74) is 0.0715. The van der Waals surface area contributed by atoms with Crippen molar-refractivity contribution >= 4 is 28.2 Å². The number of aliphatic hydroxyl groups is 1. The molecule has 1 aromatic carbocycles. The van der Waals surface area contributed by atoms with Gasteiger partial charge < -0.3 is 5.11 Å². The third-order valence-corrected chi connectivity index (χ3v) is 4.06. The third-order valence-electron chi connectivity index (χ3n) is 2.82. The van der Waals surface area contributed by atoms with Crippen LogP contribution in [-0.4, -0.2) is 26.9 Å². The average molecular weight is 278 g/mol. The molecule has 0 aliphatic carbocycles. The number of nitro groups is 1. The molecule has 1 aromatic heterocycles. The van der Waals surface area contributed by atoms with E-state index in [2.05, 4.69) is 4.98 Å². The van der Waals surface area contributed by atoms with Crippen LogP contribution in [0.1, 0.15) is 13.3 Å². The van der Waals surface area contributed by atoms with E-state index in [9.17, 15) is 10.1 Å². The topological polar surface area (TPSA) is 76.3 Å². The molecule has 0 bridgehead atoms. The Kier molecular flexibility index (Phi) is 4.34. The van der Waals surface area contributed by atoms with Gasteiger partial charge in [-0.3, -0.25) is 15.1 Å². The number of pyridine rings is 1. The molecule has 0 spiro atoms. The van der Waals surface area contributed by atoms with Crippen LogP contribution in [-0.2, 0) is 0 Å². The summed E-state index contributed by atoms with van der Waals surface area (Å²) < 4.78 is 0. The number of non-ortho nitro benzene ring substituents is 1. The number of nitro benzene ring substituents is 1. The molecule has 2 aromatic rings. The van der Waals surface area contributed by atoms with Gasteiger partial charge in [0.2, 0.25) is 0 Å². The SMILES string of the molecule is CC(CCO)Sc1ccc([N+](=O)[O-])c2cnccc12. The molecule has 0 radical (unpaired) electrons. The second-order valence-electron chi connectivity index (χ2n) is 4.20. The zero-order chi connectivity index (χ0) is 13.8. The molecular formula is C13H14N2O3S. The number of benzene rings is 1. The lowest BCUT2D eigenvalue weighted by Gasteiger charge is -2.11. The molecule has 1 N–H and O–H groups in total. The molecule has 0 saturated carbocycles. The highest BCUT2D eigenvalue weighted by Crippen LogP contribution is 2.35. The molecule has 0 saturated heterocycles. The van der Waals surface area contributed by atoms with E-state index < -0.39 is 4.92 Å². The smallest absolute Gasteiger partial charge is 0.278 e. The van der Waals surface area contributed by atoms with Crippen LogP contribution in [0, 0.1) is 10.1 Å². The van der Waals surface area contributed by atoms with E-state index in [1.165, 1.54) is 12.3 Å². The molecule has 19 heavy (non-hydrogen) atoms. The molecular weight excluding hydrogens is 264 g/mol. The zero-order valence-electron chi connectivity index (χ0n) is 10.4. The third kappa shape index (κ3) is 3.02. The minimum atomic E-state index is -0.393. The van der Waals surface area contributed by atoms with E-state index in [4.69, 9.17) is 5.11 Å². The summed E-state index contributed by atoms with van der Waals surface area (Å²) in [5, 5.41) is 21.6. The van der Waals surface area contributed by atoms with E-state index in [1.54, 1.807) is 30.1 Å². The van der Waals surface area contributed by atoms with Crippen LogP contribution in [0.15, 0.2) is 35.5 Å². The molecule has 1 heterocycles. The monoisotopic (exact) mass is 278 g/mol. The lowest BCUT2D eigenvalue weighted by molar-refractivity contribution is -0.383. The fourth-order valence-corrected chi connectivity index (χ4v) is 2.98. The molecule has 100 valence electrons. The number of aliphatic hydroxyl groups excluding tert-OH is 1. The Morgan fingerprint density at radius 2 is 2.21 bits per heavy atom. The van der Waals surface area contributed by atoms with Crippen molar-refractivity contribution in [3.8, 4) is 0 Å². The number of fused-ring (bicyclic) bond motifs is 1. The van der Waals surface area contributed by atoms with E-state index in [0.29, 0.717) is 11.8 Å². The van der Waals surface area contributed by atoms with Gasteiger partial charge in [0.15, 0.2) is 0 Å². The Morgan fingerprint density at radius 3 is 2.89 bits per heavy atom. The summed E-state index contributed by atoms with van der Waals surface area (Å²) in [7, 11) is 0. The maximum Gasteiger partial charge on any atom is 0.278 e. The van der Waals surface area contributed by atoms with Gasteiger partial charge in [-0.1, -0.05) is 6.92 Å². The summed E-state index contributed by atoms with van der Waals surface area (Å²) in [6, 6.07) is 5.06. The summed E-state index contributed by atoms with van der Waals surface area (Å²) >= 11 is 1.61. The Balaban J connectivity index is 2.46. The largest absolute Gasteiger partial charge is 0.396 e. The van der Waals surface area contributed by atoms with Crippen molar-refractivity contribution in [2.75, 3.05) is 6.61 Å². The van der Waals surface area contributed by atoms with Crippen LogP contribution >= 0.6 is 11.8 Å². The fourth-order valence-electron chi connectivity index (χ4n) is 1.87. The van der Waals surface area contributed by atoms with Gasteiger partial charge >= 0.3 is 0 Å². The number of thioether (sulfide) groups is 1. The highest BCUT2D eigenvalue weighted by molar-refractivity contribution is 8.00. The standard InChI is InChI=1S/C13H14N2O3S/c1-9(5-7-16)19-13-3-2-12(15(17)18)11-8-14-6-4-10(11)13/h2-4,6,8-9,16H,5,7H2,1H3. The fraction of sp³-hybridized carbons (Fsp3) is 0.308. The van der Waals surface area contributed by atoms with Crippen molar-refractivity contribution in [3.63, 3.8) is 0 Å². The number of rotatable bonds is 5. The second kappa shape index (κ2) is 5.99. The summed E-state index contributed by atoms with van der Waals surface area (Å²) in [6.07, 6.45) is 3.84. The van der Waals surface area contributed by atoms with Crippen LogP contribution in [0.25, 0.3) is 10.8 Å².